The van der Waals surface area contributed by atoms with Crippen LogP contribution in [-0.4, -0.2) is 35.8 Å². The molecule has 1 heterocycles. The third-order valence-corrected chi connectivity index (χ3v) is 4.67. The molecule has 0 unspecified atom stereocenters. The Morgan fingerprint density at radius 2 is 1.56 bits per heavy atom. The van der Waals surface area contributed by atoms with Gasteiger partial charge >= 0.3 is 0 Å². The minimum atomic E-state index is 0.00304. The molecular weight excluding hydrogens is 312 g/mol. The average Bonchev–Trinajstić information content (AvgIpc) is 2.63. The predicted octanol–water partition coefficient (Wildman–Crippen LogP) is 3.02. The van der Waals surface area contributed by atoms with Crippen molar-refractivity contribution < 1.29 is 9.59 Å². The fourth-order valence-electron chi connectivity index (χ4n) is 3.29. The van der Waals surface area contributed by atoms with E-state index >= 15 is 0 Å². The van der Waals surface area contributed by atoms with Crippen molar-refractivity contribution in [2.75, 3.05) is 13.1 Å². The first-order valence-corrected chi connectivity index (χ1v) is 8.81. The highest BCUT2D eigenvalue weighted by Gasteiger charge is 2.23. The molecular formula is C21H24N2O2. The molecule has 4 nitrogen and oxygen atoms in total. The van der Waals surface area contributed by atoms with Crippen molar-refractivity contribution in [3.8, 4) is 11.1 Å². The summed E-state index contributed by atoms with van der Waals surface area (Å²) in [5.74, 6) is 0.164. The average molecular weight is 336 g/mol. The van der Waals surface area contributed by atoms with Gasteiger partial charge in [0.1, 0.15) is 0 Å². The van der Waals surface area contributed by atoms with E-state index in [4.69, 9.17) is 0 Å². The lowest BCUT2D eigenvalue weighted by Gasteiger charge is -2.32. The zero-order valence-electron chi connectivity index (χ0n) is 14.6. The molecule has 130 valence electrons. The minimum absolute atomic E-state index is 0.00304. The molecule has 2 aromatic rings. The Balaban J connectivity index is 1.54. The van der Waals surface area contributed by atoms with Gasteiger partial charge in [0.2, 0.25) is 11.8 Å². The fraction of sp³-hybridized carbons (Fsp3) is 0.333. The van der Waals surface area contributed by atoms with E-state index in [-0.39, 0.29) is 17.9 Å². The van der Waals surface area contributed by atoms with E-state index in [1.165, 1.54) is 12.5 Å². The van der Waals surface area contributed by atoms with Gasteiger partial charge in [-0.15, -0.1) is 0 Å². The van der Waals surface area contributed by atoms with Gasteiger partial charge in [-0.25, -0.2) is 0 Å². The zero-order chi connectivity index (χ0) is 17.6. The summed E-state index contributed by atoms with van der Waals surface area (Å²) < 4.78 is 0. The van der Waals surface area contributed by atoms with Crippen molar-refractivity contribution in [3.05, 3.63) is 60.2 Å². The molecule has 2 aromatic carbocycles. The lowest BCUT2D eigenvalue weighted by atomic mass is 10.0. The maximum Gasteiger partial charge on any atom is 0.226 e. The van der Waals surface area contributed by atoms with Crippen molar-refractivity contribution in [1.29, 1.82) is 0 Å². The number of nitrogens with zero attached hydrogens (tertiary/aromatic N) is 1. The smallest absolute Gasteiger partial charge is 0.226 e. The first-order chi connectivity index (χ1) is 12.1. The molecule has 4 heteroatoms. The third kappa shape index (κ3) is 4.69. The Morgan fingerprint density at radius 3 is 2.16 bits per heavy atom. The van der Waals surface area contributed by atoms with Crippen LogP contribution < -0.4 is 5.32 Å². The number of carbonyl (C=O) groups is 2. The van der Waals surface area contributed by atoms with Crippen LogP contribution in [0.1, 0.15) is 25.3 Å². The van der Waals surface area contributed by atoms with Crippen molar-refractivity contribution in [2.24, 2.45) is 0 Å². The number of hydrogen-bond acceptors (Lipinski definition) is 2. The molecule has 0 saturated carbocycles. The molecule has 0 radical (unpaired) electrons. The van der Waals surface area contributed by atoms with Crippen LogP contribution in [0.5, 0.6) is 0 Å². The monoisotopic (exact) mass is 336 g/mol. The van der Waals surface area contributed by atoms with Crippen LogP contribution in [0.4, 0.5) is 0 Å². The first-order valence-electron chi connectivity index (χ1n) is 8.81. The lowest BCUT2D eigenvalue weighted by molar-refractivity contribution is -0.131. The number of nitrogens with one attached hydrogen (secondary N) is 1. The van der Waals surface area contributed by atoms with Gasteiger partial charge in [0.15, 0.2) is 0 Å². The Bertz CT molecular complexity index is 717. The third-order valence-electron chi connectivity index (χ3n) is 4.67. The number of hydrogen-bond donors (Lipinski definition) is 1. The summed E-state index contributed by atoms with van der Waals surface area (Å²) in [6, 6.07) is 18.6. The quantitative estimate of drug-likeness (QED) is 0.933. The molecule has 0 bridgehead atoms. The van der Waals surface area contributed by atoms with E-state index in [1.54, 1.807) is 0 Å². The van der Waals surface area contributed by atoms with Crippen molar-refractivity contribution in [3.63, 3.8) is 0 Å². The zero-order valence-corrected chi connectivity index (χ0v) is 14.6. The van der Waals surface area contributed by atoms with Crippen molar-refractivity contribution in [1.82, 2.24) is 10.2 Å². The molecule has 1 N–H and O–H groups in total. The van der Waals surface area contributed by atoms with Crippen LogP contribution in [0.2, 0.25) is 0 Å². The highest BCUT2D eigenvalue weighted by atomic mass is 16.2. The number of carbonyl (C=O) groups excluding carboxylic acids is 2. The Morgan fingerprint density at radius 1 is 0.960 bits per heavy atom. The topological polar surface area (TPSA) is 49.4 Å². The standard InChI is InChI=1S/C21H24N2O2/c1-16(24)22-20-11-13-23(14-12-20)21(25)15-17-7-9-19(10-8-17)18-5-3-2-4-6-18/h2-10,20H,11-15H2,1H3,(H,22,24). The molecule has 0 atom stereocenters. The van der Waals surface area contributed by atoms with E-state index in [0.29, 0.717) is 19.5 Å². The van der Waals surface area contributed by atoms with Gasteiger partial charge in [-0.2, -0.15) is 0 Å². The predicted molar refractivity (Wildman–Crippen MR) is 99.0 cm³/mol. The summed E-state index contributed by atoms with van der Waals surface area (Å²) in [6.07, 6.45) is 2.09. The van der Waals surface area contributed by atoms with E-state index in [1.807, 2.05) is 35.2 Å². The second kappa shape index (κ2) is 7.97. The van der Waals surface area contributed by atoms with Gasteiger partial charge in [0.05, 0.1) is 6.42 Å². The van der Waals surface area contributed by atoms with Gasteiger partial charge in [0.25, 0.3) is 0 Å². The van der Waals surface area contributed by atoms with Crippen LogP contribution in [0.25, 0.3) is 11.1 Å². The summed E-state index contributed by atoms with van der Waals surface area (Å²) in [5, 5.41) is 2.94. The summed E-state index contributed by atoms with van der Waals surface area (Å²) >= 11 is 0. The number of amides is 2. The Hall–Kier alpha value is -2.62. The second-order valence-electron chi connectivity index (χ2n) is 6.60. The van der Waals surface area contributed by atoms with Gasteiger partial charge in [0, 0.05) is 26.1 Å². The van der Waals surface area contributed by atoms with Crippen molar-refractivity contribution >= 4 is 11.8 Å². The van der Waals surface area contributed by atoms with Gasteiger partial charge < -0.3 is 10.2 Å². The van der Waals surface area contributed by atoms with E-state index < -0.39 is 0 Å². The second-order valence-corrected chi connectivity index (χ2v) is 6.60. The summed E-state index contributed by atoms with van der Waals surface area (Å²) in [7, 11) is 0. The number of rotatable bonds is 4. The van der Waals surface area contributed by atoms with Crippen LogP contribution in [0.3, 0.4) is 0 Å². The van der Waals surface area contributed by atoms with E-state index in [2.05, 4.69) is 29.6 Å². The summed E-state index contributed by atoms with van der Waals surface area (Å²) in [6.45, 7) is 2.97. The first kappa shape index (κ1) is 17.2. The Labute approximate surface area is 148 Å². The maximum atomic E-state index is 12.5. The van der Waals surface area contributed by atoms with Crippen molar-refractivity contribution in [2.45, 2.75) is 32.2 Å². The largest absolute Gasteiger partial charge is 0.353 e. The van der Waals surface area contributed by atoms with E-state index in [9.17, 15) is 9.59 Å². The molecule has 25 heavy (non-hydrogen) atoms. The summed E-state index contributed by atoms with van der Waals surface area (Å²) in [5.41, 5.74) is 3.38. The molecule has 1 fully saturated rings. The normalized spacial score (nSPS) is 15.0. The van der Waals surface area contributed by atoms with Gasteiger partial charge in [-0.05, 0) is 29.5 Å². The molecule has 2 amide bonds. The van der Waals surface area contributed by atoms with Crippen LogP contribution in [-0.2, 0) is 16.0 Å². The highest BCUT2D eigenvalue weighted by Crippen LogP contribution is 2.20. The fourth-order valence-corrected chi connectivity index (χ4v) is 3.29. The Kier molecular flexibility index (Phi) is 5.49. The lowest BCUT2D eigenvalue weighted by Crippen LogP contribution is -2.46. The molecule has 1 aliphatic rings. The van der Waals surface area contributed by atoms with Gasteiger partial charge in [-0.3, -0.25) is 9.59 Å². The van der Waals surface area contributed by atoms with Gasteiger partial charge in [-0.1, -0.05) is 54.6 Å². The minimum Gasteiger partial charge on any atom is -0.353 e. The molecule has 3 rings (SSSR count). The maximum absolute atomic E-state index is 12.5. The molecule has 1 aliphatic heterocycles. The SMILES string of the molecule is CC(=O)NC1CCN(C(=O)Cc2ccc(-c3ccccc3)cc2)CC1. The molecule has 0 aromatic heterocycles. The summed E-state index contributed by atoms with van der Waals surface area (Å²) in [4.78, 5) is 25.5. The highest BCUT2D eigenvalue weighted by molar-refractivity contribution is 5.79. The molecule has 0 spiro atoms. The molecule has 0 aliphatic carbocycles. The number of piperidine rings is 1. The number of benzene rings is 2. The molecule has 1 saturated heterocycles. The van der Waals surface area contributed by atoms with Crippen LogP contribution in [0, 0.1) is 0 Å². The number of likely N-dealkylation sites (tertiary alicyclic amines) is 1. The van der Waals surface area contributed by atoms with Crippen LogP contribution >= 0.6 is 0 Å². The van der Waals surface area contributed by atoms with E-state index in [0.717, 1.165) is 24.0 Å². The van der Waals surface area contributed by atoms with Crippen LogP contribution in [0.15, 0.2) is 54.6 Å².